The quantitative estimate of drug-likeness (QED) is 0.263. The van der Waals surface area contributed by atoms with E-state index >= 15 is 0 Å². The van der Waals surface area contributed by atoms with Crippen molar-refractivity contribution in [2.24, 2.45) is 4.99 Å². The second kappa shape index (κ2) is 10.8. The molecule has 1 atom stereocenters. The summed E-state index contributed by atoms with van der Waals surface area (Å²) in [5, 5.41) is 0. The molecule has 1 unspecified atom stereocenters. The number of aliphatic imine (C=N–C) groups is 1. The minimum absolute atomic E-state index is 0.00975. The molecule has 0 N–H and O–H groups in total. The number of Topliss-reactive ketones (excluding diaryl/α,β-unsaturated/α-hetero) is 1. The second-order valence-electron chi connectivity index (χ2n) is 6.04. The standard InChI is InChI=1S/C19H31N3O3/c1-7-10-24-12-14(4)25-19-16(18(23)8-2)11-17(15(5)21-19)20-13-22(6)9-3/h11,13-14H,7-10,12H2,1-6H3. The summed E-state index contributed by atoms with van der Waals surface area (Å²) < 4.78 is 11.4. The zero-order chi connectivity index (χ0) is 18.8. The zero-order valence-electron chi connectivity index (χ0n) is 16.3. The lowest BCUT2D eigenvalue weighted by molar-refractivity contribution is 0.0559. The van der Waals surface area contributed by atoms with Crippen LogP contribution in [-0.4, -0.2) is 54.9 Å². The van der Waals surface area contributed by atoms with E-state index in [1.807, 2.05) is 39.6 Å². The number of ether oxygens (including phenoxy) is 2. The van der Waals surface area contributed by atoms with Crippen molar-refractivity contribution in [3.63, 3.8) is 0 Å². The van der Waals surface area contributed by atoms with E-state index in [2.05, 4.69) is 16.9 Å². The molecule has 1 rings (SSSR count). The summed E-state index contributed by atoms with van der Waals surface area (Å²) in [4.78, 5) is 23.2. The molecule has 0 amide bonds. The van der Waals surface area contributed by atoms with Gasteiger partial charge in [-0.2, -0.15) is 0 Å². The predicted molar refractivity (Wildman–Crippen MR) is 101 cm³/mol. The molecule has 0 saturated heterocycles. The van der Waals surface area contributed by atoms with Crippen molar-refractivity contribution < 1.29 is 14.3 Å². The summed E-state index contributed by atoms with van der Waals surface area (Å²) >= 11 is 0. The van der Waals surface area contributed by atoms with Gasteiger partial charge in [-0.3, -0.25) is 4.79 Å². The van der Waals surface area contributed by atoms with Gasteiger partial charge in [-0.15, -0.1) is 0 Å². The van der Waals surface area contributed by atoms with Crippen LogP contribution in [0.15, 0.2) is 11.1 Å². The number of carbonyl (C=O) groups is 1. The lowest BCUT2D eigenvalue weighted by Crippen LogP contribution is -2.21. The van der Waals surface area contributed by atoms with Crippen LogP contribution in [0.4, 0.5) is 5.69 Å². The van der Waals surface area contributed by atoms with Gasteiger partial charge in [0.05, 0.1) is 29.9 Å². The van der Waals surface area contributed by atoms with Gasteiger partial charge in [0.1, 0.15) is 6.10 Å². The molecule has 0 saturated carbocycles. The van der Waals surface area contributed by atoms with Crippen LogP contribution in [0.3, 0.4) is 0 Å². The Labute approximate surface area is 151 Å². The third kappa shape index (κ3) is 6.82. The molecule has 0 radical (unpaired) electrons. The molecule has 140 valence electrons. The van der Waals surface area contributed by atoms with Crippen molar-refractivity contribution in [2.45, 2.75) is 53.6 Å². The van der Waals surface area contributed by atoms with E-state index in [1.165, 1.54) is 0 Å². The van der Waals surface area contributed by atoms with E-state index in [0.29, 0.717) is 36.8 Å². The Bertz CT molecular complexity index is 588. The minimum atomic E-state index is -0.178. The third-order valence-electron chi connectivity index (χ3n) is 3.68. The van der Waals surface area contributed by atoms with Crippen LogP contribution in [0.25, 0.3) is 0 Å². The van der Waals surface area contributed by atoms with Gasteiger partial charge in [-0.05, 0) is 33.3 Å². The number of aromatic nitrogens is 1. The van der Waals surface area contributed by atoms with Gasteiger partial charge < -0.3 is 14.4 Å². The molecule has 6 heteroatoms. The Balaban J connectivity index is 3.05. The van der Waals surface area contributed by atoms with Crippen LogP contribution >= 0.6 is 0 Å². The maximum atomic E-state index is 12.3. The van der Waals surface area contributed by atoms with E-state index in [9.17, 15) is 4.79 Å². The van der Waals surface area contributed by atoms with E-state index in [-0.39, 0.29) is 11.9 Å². The summed E-state index contributed by atoms with van der Waals surface area (Å²) in [5.41, 5.74) is 1.88. The number of rotatable bonds is 11. The third-order valence-corrected chi connectivity index (χ3v) is 3.68. The molecular weight excluding hydrogens is 318 g/mol. The summed E-state index contributed by atoms with van der Waals surface area (Å²) in [5.74, 6) is 0.351. The van der Waals surface area contributed by atoms with Gasteiger partial charge in [-0.25, -0.2) is 9.98 Å². The number of pyridine rings is 1. The first-order chi connectivity index (χ1) is 11.9. The molecule has 0 aliphatic carbocycles. The molecule has 0 fully saturated rings. The maximum Gasteiger partial charge on any atom is 0.225 e. The Morgan fingerprint density at radius 3 is 2.72 bits per heavy atom. The Kier molecular flexibility index (Phi) is 9.13. The number of aryl methyl sites for hydroxylation is 1. The predicted octanol–water partition coefficient (Wildman–Crippen LogP) is 3.79. The van der Waals surface area contributed by atoms with Crippen molar-refractivity contribution >= 4 is 17.8 Å². The van der Waals surface area contributed by atoms with Crippen LogP contribution in [0.5, 0.6) is 5.88 Å². The van der Waals surface area contributed by atoms with Gasteiger partial charge in [-0.1, -0.05) is 13.8 Å². The topological polar surface area (TPSA) is 64.0 Å². The van der Waals surface area contributed by atoms with Gasteiger partial charge in [0, 0.05) is 26.6 Å². The monoisotopic (exact) mass is 349 g/mol. The molecule has 0 aliphatic heterocycles. The summed E-state index contributed by atoms with van der Waals surface area (Å²) in [6, 6.07) is 1.77. The summed E-state index contributed by atoms with van der Waals surface area (Å²) in [6.45, 7) is 11.7. The number of ketones is 1. The van der Waals surface area contributed by atoms with Crippen LogP contribution in [0.2, 0.25) is 0 Å². The van der Waals surface area contributed by atoms with Crippen LogP contribution in [0, 0.1) is 6.92 Å². The first-order valence-corrected chi connectivity index (χ1v) is 8.96. The second-order valence-corrected chi connectivity index (χ2v) is 6.04. The average molecular weight is 349 g/mol. The molecule has 6 nitrogen and oxygen atoms in total. The highest BCUT2D eigenvalue weighted by Crippen LogP contribution is 2.27. The van der Waals surface area contributed by atoms with E-state index in [1.54, 1.807) is 12.4 Å². The Morgan fingerprint density at radius 1 is 1.40 bits per heavy atom. The van der Waals surface area contributed by atoms with E-state index in [0.717, 1.165) is 18.7 Å². The molecule has 0 spiro atoms. The van der Waals surface area contributed by atoms with Crippen molar-refractivity contribution in [3.8, 4) is 5.88 Å². The van der Waals surface area contributed by atoms with E-state index < -0.39 is 0 Å². The lowest BCUT2D eigenvalue weighted by atomic mass is 10.1. The van der Waals surface area contributed by atoms with Gasteiger partial charge in [0.15, 0.2) is 5.78 Å². The Morgan fingerprint density at radius 2 is 2.12 bits per heavy atom. The lowest BCUT2D eigenvalue weighted by Gasteiger charge is -2.17. The van der Waals surface area contributed by atoms with Crippen molar-refractivity contribution in [1.82, 2.24) is 9.88 Å². The maximum absolute atomic E-state index is 12.3. The van der Waals surface area contributed by atoms with Gasteiger partial charge in [0.25, 0.3) is 0 Å². The smallest absolute Gasteiger partial charge is 0.225 e. The highest BCUT2D eigenvalue weighted by Gasteiger charge is 2.18. The first kappa shape index (κ1) is 21.1. The van der Waals surface area contributed by atoms with Crippen molar-refractivity contribution in [2.75, 3.05) is 26.8 Å². The molecule has 1 aromatic rings. The molecular formula is C19H31N3O3. The fraction of sp³-hybridized carbons (Fsp3) is 0.632. The Hall–Kier alpha value is -1.95. The summed E-state index contributed by atoms with van der Waals surface area (Å²) in [7, 11) is 1.94. The highest BCUT2D eigenvalue weighted by atomic mass is 16.5. The van der Waals surface area contributed by atoms with Gasteiger partial charge in [0.2, 0.25) is 5.88 Å². The molecule has 25 heavy (non-hydrogen) atoms. The molecule has 0 bridgehead atoms. The molecule has 1 heterocycles. The van der Waals surface area contributed by atoms with Crippen LogP contribution in [-0.2, 0) is 4.74 Å². The fourth-order valence-corrected chi connectivity index (χ4v) is 2.04. The molecule has 0 aromatic carbocycles. The van der Waals surface area contributed by atoms with Gasteiger partial charge >= 0.3 is 0 Å². The normalized spacial score (nSPS) is 12.4. The zero-order valence-corrected chi connectivity index (χ0v) is 16.3. The number of hydrogen-bond donors (Lipinski definition) is 0. The number of carbonyl (C=O) groups excluding carboxylic acids is 1. The number of hydrogen-bond acceptors (Lipinski definition) is 5. The largest absolute Gasteiger partial charge is 0.472 e. The minimum Gasteiger partial charge on any atom is -0.472 e. The highest BCUT2D eigenvalue weighted by molar-refractivity contribution is 5.98. The van der Waals surface area contributed by atoms with Crippen LogP contribution in [0.1, 0.15) is 56.6 Å². The summed E-state index contributed by atoms with van der Waals surface area (Å²) in [6.07, 6.45) is 2.91. The fourth-order valence-electron chi connectivity index (χ4n) is 2.04. The molecule has 0 aliphatic rings. The van der Waals surface area contributed by atoms with Crippen molar-refractivity contribution in [1.29, 1.82) is 0 Å². The number of nitrogens with zero attached hydrogens (tertiary/aromatic N) is 3. The van der Waals surface area contributed by atoms with Crippen molar-refractivity contribution in [3.05, 3.63) is 17.3 Å². The first-order valence-electron chi connectivity index (χ1n) is 8.96. The SMILES string of the molecule is CCCOCC(C)Oc1nc(C)c(N=CN(C)CC)cc1C(=O)CC. The van der Waals surface area contributed by atoms with E-state index in [4.69, 9.17) is 9.47 Å². The average Bonchev–Trinajstić information content (AvgIpc) is 2.60. The van der Waals surface area contributed by atoms with Crippen LogP contribution < -0.4 is 4.74 Å². The molecule has 1 aromatic heterocycles.